The first-order valence-corrected chi connectivity index (χ1v) is 11.1. The Hall–Kier alpha value is -4.47. The molecule has 0 amide bonds. The first-order valence-electron chi connectivity index (χ1n) is 11.1. The molecule has 35 heavy (non-hydrogen) atoms. The highest BCUT2D eigenvalue weighted by atomic mass is 16.6. The largest absolute Gasteiger partial charge is 0.493 e. The van der Waals surface area contributed by atoms with Gasteiger partial charge in [-0.25, -0.2) is 14.5 Å². The third-order valence-corrected chi connectivity index (χ3v) is 5.91. The quantitative estimate of drug-likeness (QED) is 0.251. The maximum atomic E-state index is 5.46. The highest BCUT2D eigenvalue weighted by Crippen LogP contribution is 2.28. The maximum Gasteiger partial charge on any atom is 0.192 e. The van der Waals surface area contributed by atoms with Gasteiger partial charge in [0.2, 0.25) is 0 Å². The summed E-state index contributed by atoms with van der Waals surface area (Å²) in [5, 5.41) is 9.52. The number of fused-ring (bicyclic) bond motifs is 3. The average molecular weight is 472 g/mol. The molecule has 0 saturated heterocycles. The van der Waals surface area contributed by atoms with Crippen molar-refractivity contribution in [3.8, 4) is 11.5 Å². The summed E-state index contributed by atoms with van der Waals surface area (Å²) < 4.78 is 14.4. The summed E-state index contributed by atoms with van der Waals surface area (Å²) in [4.78, 5) is 19.3. The third-order valence-electron chi connectivity index (χ3n) is 5.91. The lowest BCUT2D eigenvalue weighted by molar-refractivity contribution is 0.126. The number of oxime groups is 1. The second kappa shape index (κ2) is 9.41. The van der Waals surface area contributed by atoms with Crippen molar-refractivity contribution < 1.29 is 14.3 Å². The molecule has 0 spiro atoms. The van der Waals surface area contributed by atoms with Crippen LogP contribution in [0.15, 0.2) is 54.1 Å². The van der Waals surface area contributed by atoms with Gasteiger partial charge in [0, 0.05) is 17.5 Å². The summed E-state index contributed by atoms with van der Waals surface area (Å²) in [6, 6.07) is 11.4. The summed E-state index contributed by atoms with van der Waals surface area (Å²) in [6.07, 6.45) is 5.07. The van der Waals surface area contributed by atoms with Crippen molar-refractivity contribution in [1.82, 2.24) is 29.1 Å². The Kier molecular flexibility index (Phi) is 6.01. The minimum Gasteiger partial charge on any atom is -0.493 e. The molecule has 0 atom stereocenters. The van der Waals surface area contributed by atoms with Gasteiger partial charge in [-0.05, 0) is 49.7 Å². The van der Waals surface area contributed by atoms with Crippen LogP contribution in [0.25, 0.3) is 16.7 Å². The molecule has 0 fully saturated rings. The van der Waals surface area contributed by atoms with Gasteiger partial charge >= 0.3 is 0 Å². The van der Waals surface area contributed by atoms with Crippen molar-refractivity contribution in [2.75, 3.05) is 14.2 Å². The number of aryl methyl sites for hydroxylation is 1. The van der Waals surface area contributed by atoms with Crippen LogP contribution in [0, 0.1) is 13.8 Å². The van der Waals surface area contributed by atoms with E-state index < -0.39 is 0 Å². The summed E-state index contributed by atoms with van der Waals surface area (Å²) in [7, 11) is 3.18. The Morgan fingerprint density at radius 3 is 2.63 bits per heavy atom. The molecular weight excluding hydrogens is 446 g/mol. The highest BCUT2D eigenvalue weighted by molar-refractivity contribution is 5.93. The molecule has 10 nitrogen and oxygen atoms in total. The van der Waals surface area contributed by atoms with Crippen LogP contribution in [0.4, 0.5) is 0 Å². The van der Waals surface area contributed by atoms with Crippen LogP contribution in [0.3, 0.4) is 0 Å². The molecule has 4 aromatic heterocycles. The Balaban J connectivity index is 1.37. The van der Waals surface area contributed by atoms with Crippen LogP contribution >= 0.6 is 0 Å². The van der Waals surface area contributed by atoms with E-state index in [1.165, 1.54) is 0 Å². The fourth-order valence-corrected chi connectivity index (χ4v) is 4.01. The van der Waals surface area contributed by atoms with Gasteiger partial charge in [-0.2, -0.15) is 0 Å². The SMILES string of the molecule is COc1ccc(/C=N\OCc2nc3c4c(C)c(C)n(Cc5ccccn5)c4ncn3n2)cc1OC. The van der Waals surface area contributed by atoms with Gasteiger partial charge < -0.3 is 18.9 Å². The number of ether oxygens (including phenoxy) is 2. The van der Waals surface area contributed by atoms with E-state index in [0.717, 1.165) is 39.2 Å². The fourth-order valence-electron chi connectivity index (χ4n) is 4.01. The standard InChI is InChI=1S/C25H25N7O3/c1-16-17(2)31(13-19-7-5-6-10-26-19)24-23(16)25-29-22(30-32(25)15-27-24)14-35-28-12-18-8-9-20(33-3)21(11-18)34-4/h5-12,15H,13-14H2,1-4H3/b28-12-. The summed E-state index contributed by atoms with van der Waals surface area (Å²) in [5.41, 5.74) is 5.60. The zero-order chi connectivity index (χ0) is 24.4. The number of benzene rings is 1. The van der Waals surface area contributed by atoms with E-state index in [-0.39, 0.29) is 6.61 Å². The normalized spacial score (nSPS) is 11.5. The average Bonchev–Trinajstić information content (AvgIpc) is 3.41. The van der Waals surface area contributed by atoms with Gasteiger partial charge in [-0.3, -0.25) is 4.98 Å². The van der Waals surface area contributed by atoms with Gasteiger partial charge in [0.15, 0.2) is 29.6 Å². The molecule has 0 radical (unpaired) electrons. The maximum absolute atomic E-state index is 5.46. The first-order chi connectivity index (χ1) is 17.1. The number of nitrogens with zero attached hydrogens (tertiary/aromatic N) is 7. The molecule has 0 unspecified atom stereocenters. The zero-order valence-electron chi connectivity index (χ0n) is 20.0. The third kappa shape index (κ3) is 4.25. The minimum atomic E-state index is 0.125. The summed E-state index contributed by atoms with van der Waals surface area (Å²) in [5.74, 6) is 1.78. The van der Waals surface area contributed by atoms with Crippen molar-refractivity contribution >= 4 is 22.9 Å². The van der Waals surface area contributed by atoms with Crippen LogP contribution in [0.2, 0.25) is 0 Å². The van der Waals surface area contributed by atoms with E-state index in [1.807, 2.05) is 36.4 Å². The second-order valence-electron chi connectivity index (χ2n) is 7.98. The van der Waals surface area contributed by atoms with E-state index in [0.29, 0.717) is 23.9 Å². The molecule has 0 aliphatic rings. The van der Waals surface area contributed by atoms with Crippen molar-refractivity contribution in [3.05, 3.63) is 77.3 Å². The molecule has 0 bridgehead atoms. The van der Waals surface area contributed by atoms with E-state index in [2.05, 4.69) is 38.6 Å². The monoisotopic (exact) mass is 471 g/mol. The minimum absolute atomic E-state index is 0.125. The van der Waals surface area contributed by atoms with E-state index >= 15 is 0 Å². The smallest absolute Gasteiger partial charge is 0.192 e. The van der Waals surface area contributed by atoms with Crippen molar-refractivity contribution in [3.63, 3.8) is 0 Å². The number of methoxy groups -OCH3 is 2. The number of hydrogen-bond donors (Lipinski definition) is 0. The Bertz CT molecular complexity index is 1520. The molecule has 178 valence electrons. The molecule has 4 heterocycles. The number of hydrogen-bond acceptors (Lipinski definition) is 8. The first kappa shape index (κ1) is 22.3. The van der Waals surface area contributed by atoms with Gasteiger partial charge in [0.25, 0.3) is 0 Å². The zero-order valence-corrected chi connectivity index (χ0v) is 20.0. The highest BCUT2D eigenvalue weighted by Gasteiger charge is 2.18. The molecule has 0 saturated carbocycles. The summed E-state index contributed by atoms with van der Waals surface area (Å²) in [6.45, 7) is 4.92. The van der Waals surface area contributed by atoms with E-state index in [9.17, 15) is 0 Å². The van der Waals surface area contributed by atoms with Crippen LogP contribution in [0.5, 0.6) is 11.5 Å². The topological polar surface area (TPSA) is 101 Å². The van der Waals surface area contributed by atoms with Crippen LogP contribution < -0.4 is 9.47 Å². The van der Waals surface area contributed by atoms with Crippen LogP contribution in [0.1, 0.15) is 28.3 Å². The number of rotatable bonds is 8. The van der Waals surface area contributed by atoms with Crippen molar-refractivity contribution in [2.45, 2.75) is 27.0 Å². The molecule has 5 aromatic rings. The summed E-state index contributed by atoms with van der Waals surface area (Å²) >= 11 is 0. The van der Waals surface area contributed by atoms with E-state index in [1.54, 1.807) is 37.5 Å². The molecule has 0 aliphatic heterocycles. The van der Waals surface area contributed by atoms with Gasteiger partial charge in [-0.15, -0.1) is 5.10 Å². The van der Waals surface area contributed by atoms with E-state index in [4.69, 9.17) is 19.3 Å². The molecule has 10 heteroatoms. The molecule has 0 aliphatic carbocycles. The van der Waals surface area contributed by atoms with Crippen LogP contribution in [-0.2, 0) is 18.0 Å². The second-order valence-corrected chi connectivity index (χ2v) is 7.98. The molecule has 1 aromatic carbocycles. The van der Waals surface area contributed by atoms with Gasteiger partial charge in [0.1, 0.15) is 12.0 Å². The molecule has 5 rings (SSSR count). The Morgan fingerprint density at radius 1 is 1.00 bits per heavy atom. The predicted octanol–water partition coefficient (Wildman–Crippen LogP) is 3.71. The lowest BCUT2D eigenvalue weighted by Gasteiger charge is -2.07. The van der Waals surface area contributed by atoms with Gasteiger partial charge in [0.05, 0.1) is 38.1 Å². The number of aromatic nitrogens is 6. The molecular formula is C25H25N7O3. The fraction of sp³-hybridized carbons (Fsp3) is 0.240. The Labute approximate surface area is 201 Å². The Morgan fingerprint density at radius 2 is 1.86 bits per heavy atom. The predicted molar refractivity (Wildman–Crippen MR) is 131 cm³/mol. The van der Waals surface area contributed by atoms with Gasteiger partial charge in [-0.1, -0.05) is 11.2 Å². The lowest BCUT2D eigenvalue weighted by atomic mass is 10.2. The molecule has 0 N–H and O–H groups in total. The van der Waals surface area contributed by atoms with Crippen molar-refractivity contribution in [2.24, 2.45) is 5.16 Å². The van der Waals surface area contributed by atoms with Crippen molar-refractivity contribution in [1.29, 1.82) is 0 Å². The number of pyridine rings is 1. The van der Waals surface area contributed by atoms with Crippen LogP contribution in [-0.4, -0.2) is 49.6 Å². The lowest BCUT2D eigenvalue weighted by Crippen LogP contribution is -2.04.